The van der Waals surface area contributed by atoms with Gasteiger partial charge in [0.2, 0.25) is 0 Å². The number of fused-ring (bicyclic) bond motifs is 2. The van der Waals surface area contributed by atoms with E-state index in [1.807, 2.05) is 0 Å². The van der Waals surface area contributed by atoms with Crippen molar-refractivity contribution in [3.05, 3.63) is 34.9 Å². The summed E-state index contributed by atoms with van der Waals surface area (Å²) in [6, 6.07) is 6.60. The Morgan fingerprint density at radius 3 is 2.72 bits per heavy atom. The Balaban J connectivity index is 2.13. The summed E-state index contributed by atoms with van der Waals surface area (Å²) in [6.45, 7) is 2.12. The number of benzene rings is 1. The molecule has 0 bridgehead atoms. The fourth-order valence-corrected chi connectivity index (χ4v) is 4.16. The Morgan fingerprint density at radius 2 is 2.06 bits per heavy atom. The first-order valence-corrected chi connectivity index (χ1v) is 6.96. The van der Waals surface area contributed by atoms with Gasteiger partial charge in [-0.15, -0.1) is 0 Å². The molecule has 3 rings (SSSR count). The number of rotatable bonds is 1. The van der Waals surface area contributed by atoms with Gasteiger partial charge >= 0.3 is 5.97 Å². The zero-order chi connectivity index (χ0) is 12.8. The van der Waals surface area contributed by atoms with Crippen molar-refractivity contribution in [3.63, 3.8) is 0 Å². The molecular formula is C16H20O2. The minimum absolute atomic E-state index is 0.0624. The molecule has 0 amide bonds. The maximum atomic E-state index is 11.6. The van der Waals surface area contributed by atoms with Gasteiger partial charge in [-0.25, -0.2) is 0 Å². The lowest BCUT2D eigenvalue weighted by atomic mass is 9.62. The maximum absolute atomic E-state index is 11.6. The van der Waals surface area contributed by atoms with Gasteiger partial charge in [0.15, 0.2) is 0 Å². The highest BCUT2D eigenvalue weighted by Gasteiger charge is 2.49. The van der Waals surface area contributed by atoms with Crippen LogP contribution in [0, 0.1) is 12.8 Å². The monoisotopic (exact) mass is 244 g/mol. The molecule has 0 heterocycles. The molecule has 2 aliphatic rings. The van der Waals surface area contributed by atoms with E-state index in [0.29, 0.717) is 0 Å². The first kappa shape index (κ1) is 11.8. The molecule has 96 valence electrons. The van der Waals surface area contributed by atoms with E-state index >= 15 is 0 Å². The lowest BCUT2D eigenvalue weighted by molar-refractivity contribution is -0.145. The second-order valence-corrected chi connectivity index (χ2v) is 5.95. The van der Waals surface area contributed by atoms with Crippen LogP contribution < -0.4 is 0 Å². The van der Waals surface area contributed by atoms with Gasteiger partial charge in [0.25, 0.3) is 0 Å². The summed E-state index contributed by atoms with van der Waals surface area (Å²) in [4.78, 5) is 11.6. The second-order valence-electron chi connectivity index (χ2n) is 5.95. The van der Waals surface area contributed by atoms with E-state index in [4.69, 9.17) is 0 Å². The molecule has 2 aliphatic carbocycles. The molecule has 0 aliphatic heterocycles. The first-order chi connectivity index (χ1) is 8.63. The fraction of sp³-hybridized carbons (Fsp3) is 0.562. The van der Waals surface area contributed by atoms with Crippen LogP contribution in [0.4, 0.5) is 0 Å². The lowest BCUT2D eigenvalue weighted by Gasteiger charge is -2.41. The number of hydrogen-bond acceptors (Lipinski definition) is 1. The van der Waals surface area contributed by atoms with E-state index in [1.54, 1.807) is 0 Å². The third-order valence-corrected chi connectivity index (χ3v) is 4.96. The molecule has 2 nitrogen and oxygen atoms in total. The van der Waals surface area contributed by atoms with E-state index in [9.17, 15) is 9.90 Å². The Kier molecular flexibility index (Phi) is 2.69. The van der Waals surface area contributed by atoms with Gasteiger partial charge in [-0.05, 0) is 43.7 Å². The number of carboxylic acid groups (broad SMARTS) is 1. The van der Waals surface area contributed by atoms with E-state index in [1.165, 1.54) is 29.5 Å². The van der Waals surface area contributed by atoms with Crippen LogP contribution in [0.1, 0.15) is 48.8 Å². The van der Waals surface area contributed by atoms with Gasteiger partial charge in [-0.2, -0.15) is 0 Å². The van der Waals surface area contributed by atoms with Crippen LogP contribution in [-0.4, -0.2) is 11.1 Å². The highest BCUT2D eigenvalue weighted by Crippen LogP contribution is 2.52. The molecule has 1 aromatic carbocycles. The quantitative estimate of drug-likeness (QED) is 0.821. The maximum Gasteiger partial charge on any atom is 0.307 e. The summed E-state index contributed by atoms with van der Waals surface area (Å²) >= 11 is 0. The second kappa shape index (κ2) is 4.11. The van der Waals surface area contributed by atoms with Crippen molar-refractivity contribution >= 4 is 5.97 Å². The Hall–Kier alpha value is -1.31. The minimum Gasteiger partial charge on any atom is -0.481 e. The van der Waals surface area contributed by atoms with Gasteiger partial charge < -0.3 is 5.11 Å². The highest BCUT2D eigenvalue weighted by molar-refractivity contribution is 5.73. The molecule has 2 heteroatoms. The van der Waals surface area contributed by atoms with Crippen LogP contribution in [0.25, 0.3) is 0 Å². The van der Waals surface area contributed by atoms with E-state index in [0.717, 1.165) is 25.7 Å². The largest absolute Gasteiger partial charge is 0.481 e. The van der Waals surface area contributed by atoms with E-state index in [-0.39, 0.29) is 11.3 Å². The number of aryl methyl sites for hydroxylation is 2. The molecule has 0 radical (unpaired) electrons. The van der Waals surface area contributed by atoms with Crippen LogP contribution in [0.2, 0.25) is 0 Å². The third kappa shape index (κ3) is 1.58. The van der Waals surface area contributed by atoms with E-state index in [2.05, 4.69) is 25.1 Å². The van der Waals surface area contributed by atoms with Crippen molar-refractivity contribution in [2.24, 2.45) is 5.92 Å². The lowest BCUT2D eigenvalue weighted by Crippen LogP contribution is -2.41. The number of carboxylic acids is 1. The molecule has 1 unspecified atom stereocenters. The molecule has 1 fully saturated rings. The average Bonchev–Trinajstić information content (AvgIpc) is 2.78. The summed E-state index contributed by atoms with van der Waals surface area (Å²) in [5.41, 5.74) is 3.96. The Morgan fingerprint density at radius 1 is 1.33 bits per heavy atom. The summed E-state index contributed by atoms with van der Waals surface area (Å²) in [5, 5.41) is 9.54. The highest BCUT2D eigenvalue weighted by atomic mass is 16.4. The number of aliphatic carboxylic acids is 1. The van der Waals surface area contributed by atoms with Crippen LogP contribution in [0.5, 0.6) is 0 Å². The standard InChI is InChI=1S/C16H20O2/c1-11-4-6-13-12(10-11)5-7-14(15(17)18)16(13)8-2-3-9-16/h4,6,10,14H,2-3,5,7-9H2,1H3,(H,17,18). The van der Waals surface area contributed by atoms with Crippen molar-refractivity contribution in [3.8, 4) is 0 Å². The molecule has 1 saturated carbocycles. The van der Waals surface area contributed by atoms with Gasteiger partial charge in [0.1, 0.15) is 0 Å². The van der Waals surface area contributed by atoms with Crippen molar-refractivity contribution in [2.45, 2.75) is 50.9 Å². The number of hydrogen-bond donors (Lipinski definition) is 1. The molecule has 0 saturated heterocycles. The first-order valence-electron chi connectivity index (χ1n) is 6.96. The summed E-state index contributed by atoms with van der Waals surface area (Å²) in [5.74, 6) is -0.765. The smallest absolute Gasteiger partial charge is 0.307 e. The van der Waals surface area contributed by atoms with Crippen molar-refractivity contribution < 1.29 is 9.90 Å². The molecule has 1 aromatic rings. The predicted molar refractivity (Wildman–Crippen MR) is 70.8 cm³/mol. The van der Waals surface area contributed by atoms with Crippen LogP contribution in [0.3, 0.4) is 0 Å². The summed E-state index contributed by atoms with van der Waals surface area (Å²) in [6.07, 6.45) is 6.20. The van der Waals surface area contributed by atoms with Gasteiger partial charge in [0.05, 0.1) is 5.92 Å². The van der Waals surface area contributed by atoms with Gasteiger partial charge in [0, 0.05) is 5.41 Å². The summed E-state index contributed by atoms with van der Waals surface area (Å²) in [7, 11) is 0. The molecule has 0 aromatic heterocycles. The number of carbonyl (C=O) groups is 1. The fourth-order valence-electron chi connectivity index (χ4n) is 4.16. The van der Waals surface area contributed by atoms with E-state index < -0.39 is 5.97 Å². The van der Waals surface area contributed by atoms with Crippen molar-refractivity contribution in [1.82, 2.24) is 0 Å². The third-order valence-electron chi connectivity index (χ3n) is 4.96. The van der Waals surface area contributed by atoms with Gasteiger partial charge in [-0.3, -0.25) is 4.79 Å². The van der Waals surface area contributed by atoms with Gasteiger partial charge in [-0.1, -0.05) is 36.6 Å². The molecule has 1 spiro atoms. The SMILES string of the molecule is Cc1ccc2c(c1)CCC(C(=O)O)C21CCCC1. The topological polar surface area (TPSA) is 37.3 Å². The van der Waals surface area contributed by atoms with Crippen LogP contribution in [0.15, 0.2) is 18.2 Å². The Bertz CT molecular complexity index is 484. The van der Waals surface area contributed by atoms with Crippen molar-refractivity contribution in [1.29, 1.82) is 0 Å². The summed E-state index contributed by atoms with van der Waals surface area (Å²) < 4.78 is 0. The zero-order valence-corrected chi connectivity index (χ0v) is 10.9. The average molecular weight is 244 g/mol. The Labute approximate surface area is 108 Å². The minimum atomic E-state index is -0.594. The van der Waals surface area contributed by atoms with Crippen molar-refractivity contribution in [2.75, 3.05) is 0 Å². The molecule has 1 N–H and O–H groups in total. The van der Waals surface area contributed by atoms with Crippen LogP contribution >= 0.6 is 0 Å². The molecule has 1 atom stereocenters. The molecular weight excluding hydrogens is 224 g/mol. The zero-order valence-electron chi connectivity index (χ0n) is 10.9. The normalized spacial score (nSPS) is 25.1. The van der Waals surface area contributed by atoms with Crippen LogP contribution in [-0.2, 0) is 16.6 Å². The molecule has 18 heavy (non-hydrogen) atoms. The predicted octanol–water partition coefficient (Wildman–Crippen LogP) is 3.45.